The molecule has 15 heavy (non-hydrogen) atoms. The molecule has 0 spiro atoms. The lowest BCUT2D eigenvalue weighted by Gasteiger charge is -2.14. The zero-order valence-corrected chi connectivity index (χ0v) is 8.43. The molecule has 0 aromatic heterocycles. The van der Waals surface area contributed by atoms with Crippen LogP contribution in [0.2, 0.25) is 0 Å². The molecule has 0 bridgehead atoms. The van der Waals surface area contributed by atoms with Crippen LogP contribution in [0, 0.1) is 0 Å². The van der Waals surface area contributed by atoms with Crippen LogP contribution in [-0.4, -0.2) is 30.5 Å². The Morgan fingerprint density at radius 3 is 2.80 bits per heavy atom. The van der Waals surface area contributed by atoms with Gasteiger partial charge in [-0.2, -0.15) is 5.48 Å². The average Bonchev–Trinajstić information content (AvgIpc) is 2.66. The number of benzene rings is 1. The van der Waals surface area contributed by atoms with Crippen molar-refractivity contribution < 1.29 is 14.7 Å². The van der Waals surface area contributed by atoms with Crippen molar-refractivity contribution in [2.24, 2.45) is 0 Å². The quantitative estimate of drug-likeness (QED) is 0.708. The lowest BCUT2D eigenvalue weighted by molar-refractivity contribution is -0.0187. The van der Waals surface area contributed by atoms with Gasteiger partial charge < -0.3 is 9.84 Å². The highest BCUT2D eigenvalue weighted by Gasteiger charge is 2.25. The van der Waals surface area contributed by atoms with E-state index in [1.807, 2.05) is 30.3 Å². The summed E-state index contributed by atoms with van der Waals surface area (Å²) < 4.78 is 5.08. The second-order valence-corrected chi connectivity index (χ2v) is 3.60. The van der Waals surface area contributed by atoms with Crippen molar-refractivity contribution in [1.29, 1.82) is 0 Å². The highest BCUT2D eigenvalue weighted by Crippen LogP contribution is 2.06. The third-order valence-electron chi connectivity index (χ3n) is 2.37. The number of hydrogen-bond donors (Lipinski definition) is 2. The van der Waals surface area contributed by atoms with Crippen LogP contribution in [0.1, 0.15) is 5.56 Å². The number of aliphatic hydroxyl groups excluding tert-OH is 1. The summed E-state index contributed by atoms with van der Waals surface area (Å²) in [6.45, 7) is 1.37. The Morgan fingerprint density at radius 1 is 1.33 bits per heavy atom. The summed E-state index contributed by atoms with van der Waals surface area (Å²) in [6, 6.07) is 9.75. The molecule has 82 valence electrons. The maximum absolute atomic E-state index is 9.42. The Kier molecular flexibility index (Phi) is 3.69. The molecule has 2 atom stereocenters. The SMILES string of the molecule is OC1COCC1NOCc1ccccc1. The summed E-state index contributed by atoms with van der Waals surface area (Å²) in [7, 11) is 0. The summed E-state index contributed by atoms with van der Waals surface area (Å²) >= 11 is 0. The van der Waals surface area contributed by atoms with Gasteiger partial charge in [-0.05, 0) is 5.56 Å². The van der Waals surface area contributed by atoms with Crippen molar-refractivity contribution in [2.75, 3.05) is 13.2 Å². The van der Waals surface area contributed by atoms with Gasteiger partial charge >= 0.3 is 0 Å². The molecule has 2 unspecified atom stereocenters. The molecule has 1 aliphatic heterocycles. The molecular weight excluding hydrogens is 194 g/mol. The van der Waals surface area contributed by atoms with E-state index in [1.165, 1.54) is 0 Å². The summed E-state index contributed by atoms with van der Waals surface area (Å²) in [4.78, 5) is 5.28. The zero-order chi connectivity index (χ0) is 10.5. The average molecular weight is 209 g/mol. The van der Waals surface area contributed by atoms with Crippen LogP contribution in [0.3, 0.4) is 0 Å². The van der Waals surface area contributed by atoms with E-state index in [0.717, 1.165) is 5.56 Å². The van der Waals surface area contributed by atoms with E-state index >= 15 is 0 Å². The van der Waals surface area contributed by atoms with E-state index in [2.05, 4.69) is 5.48 Å². The number of nitrogens with one attached hydrogen (secondary N) is 1. The largest absolute Gasteiger partial charge is 0.389 e. The molecule has 1 heterocycles. The molecule has 1 aromatic rings. The molecular formula is C11H15NO3. The third kappa shape index (κ3) is 3.00. The van der Waals surface area contributed by atoms with Gasteiger partial charge in [-0.15, -0.1) is 0 Å². The molecule has 1 saturated heterocycles. The first-order valence-corrected chi connectivity index (χ1v) is 5.03. The predicted molar refractivity (Wildman–Crippen MR) is 55.0 cm³/mol. The maximum Gasteiger partial charge on any atom is 0.0971 e. The summed E-state index contributed by atoms with van der Waals surface area (Å²) in [5.41, 5.74) is 3.90. The normalized spacial score (nSPS) is 25.7. The lowest BCUT2D eigenvalue weighted by atomic mass is 10.2. The van der Waals surface area contributed by atoms with Gasteiger partial charge in [-0.25, -0.2) is 0 Å². The van der Waals surface area contributed by atoms with Gasteiger partial charge in [-0.3, -0.25) is 4.84 Å². The molecule has 4 heteroatoms. The summed E-state index contributed by atoms with van der Waals surface area (Å²) in [5.74, 6) is 0. The van der Waals surface area contributed by atoms with E-state index in [9.17, 15) is 5.11 Å². The van der Waals surface area contributed by atoms with Crippen molar-refractivity contribution in [2.45, 2.75) is 18.8 Å². The molecule has 1 aliphatic rings. The molecule has 1 aromatic carbocycles. The van der Waals surface area contributed by atoms with E-state index < -0.39 is 6.10 Å². The Labute approximate surface area is 88.8 Å². The van der Waals surface area contributed by atoms with Crippen molar-refractivity contribution in [3.63, 3.8) is 0 Å². The van der Waals surface area contributed by atoms with Crippen molar-refractivity contribution in [1.82, 2.24) is 5.48 Å². The molecule has 0 saturated carbocycles. The molecule has 2 rings (SSSR count). The molecule has 0 radical (unpaired) electrons. The number of aliphatic hydroxyl groups is 1. The van der Waals surface area contributed by atoms with Crippen molar-refractivity contribution in [3.8, 4) is 0 Å². The minimum atomic E-state index is -0.472. The van der Waals surface area contributed by atoms with Crippen LogP contribution in [0.25, 0.3) is 0 Å². The standard InChI is InChI=1S/C11H15NO3/c13-11-8-14-7-10(11)12-15-6-9-4-2-1-3-5-9/h1-5,10-13H,6-8H2. The highest BCUT2D eigenvalue weighted by atomic mass is 16.7. The Balaban J connectivity index is 1.71. The molecule has 0 amide bonds. The number of hydrogen-bond acceptors (Lipinski definition) is 4. The van der Waals surface area contributed by atoms with Crippen molar-refractivity contribution in [3.05, 3.63) is 35.9 Å². The van der Waals surface area contributed by atoms with Gasteiger partial charge in [0, 0.05) is 0 Å². The molecule has 0 aliphatic carbocycles. The number of rotatable bonds is 4. The minimum absolute atomic E-state index is 0.117. The Bertz CT molecular complexity index is 291. The van der Waals surface area contributed by atoms with Gasteiger partial charge in [0.1, 0.15) is 0 Å². The minimum Gasteiger partial charge on any atom is -0.389 e. The lowest BCUT2D eigenvalue weighted by Crippen LogP contribution is -2.38. The van der Waals surface area contributed by atoms with Gasteiger partial charge in [0.2, 0.25) is 0 Å². The van der Waals surface area contributed by atoms with Gasteiger partial charge in [0.05, 0.1) is 32.0 Å². The first-order valence-electron chi connectivity index (χ1n) is 5.03. The fourth-order valence-electron chi connectivity index (χ4n) is 1.46. The van der Waals surface area contributed by atoms with Crippen LogP contribution in [0.15, 0.2) is 30.3 Å². The molecule has 1 fully saturated rings. The molecule has 2 N–H and O–H groups in total. The predicted octanol–water partition coefficient (Wildman–Crippen LogP) is 0.467. The topological polar surface area (TPSA) is 50.7 Å². The Hall–Kier alpha value is -0.940. The van der Waals surface area contributed by atoms with Gasteiger partial charge in [-0.1, -0.05) is 30.3 Å². The first-order chi connectivity index (χ1) is 7.36. The van der Waals surface area contributed by atoms with Crippen LogP contribution in [0.4, 0.5) is 0 Å². The monoisotopic (exact) mass is 209 g/mol. The van der Waals surface area contributed by atoms with E-state index in [0.29, 0.717) is 19.8 Å². The fraction of sp³-hybridized carbons (Fsp3) is 0.455. The summed E-state index contributed by atoms with van der Waals surface area (Å²) in [6.07, 6.45) is -0.472. The van der Waals surface area contributed by atoms with E-state index in [4.69, 9.17) is 9.57 Å². The van der Waals surface area contributed by atoms with Crippen LogP contribution in [-0.2, 0) is 16.2 Å². The number of ether oxygens (including phenoxy) is 1. The third-order valence-corrected chi connectivity index (χ3v) is 2.37. The highest BCUT2D eigenvalue weighted by molar-refractivity contribution is 5.13. The maximum atomic E-state index is 9.42. The molecule has 4 nitrogen and oxygen atoms in total. The van der Waals surface area contributed by atoms with Crippen LogP contribution >= 0.6 is 0 Å². The van der Waals surface area contributed by atoms with Gasteiger partial charge in [0.25, 0.3) is 0 Å². The first kappa shape index (κ1) is 10.6. The van der Waals surface area contributed by atoms with E-state index in [-0.39, 0.29) is 6.04 Å². The van der Waals surface area contributed by atoms with Crippen LogP contribution < -0.4 is 5.48 Å². The Morgan fingerprint density at radius 2 is 2.13 bits per heavy atom. The van der Waals surface area contributed by atoms with Crippen molar-refractivity contribution >= 4 is 0 Å². The second-order valence-electron chi connectivity index (χ2n) is 3.60. The van der Waals surface area contributed by atoms with Crippen LogP contribution in [0.5, 0.6) is 0 Å². The smallest absolute Gasteiger partial charge is 0.0971 e. The van der Waals surface area contributed by atoms with E-state index in [1.54, 1.807) is 0 Å². The van der Waals surface area contributed by atoms with Gasteiger partial charge in [0.15, 0.2) is 0 Å². The second kappa shape index (κ2) is 5.23. The zero-order valence-electron chi connectivity index (χ0n) is 8.43. The number of hydroxylamine groups is 1. The fourth-order valence-corrected chi connectivity index (χ4v) is 1.46. The summed E-state index contributed by atoms with van der Waals surface area (Å²) in [5, 5.41) is 9.42.